The molecule has 0 atom stereocenters. The molecule has 0 aromatic heterocycles. The maximum atomic E-state index is 12.8. The highest BCUT2D eigenvalue weighted by Gasteiger charge is 2.22. The van der Waals surface area contributed by atoms with Crippen LogP contribution in [0, 0.1) is 0 Å². The third-order valence-corrected chi connectivity index (χ3v) is 4.53. The zero-order valence-electron chi connectivity index (χ0n) is 14.1. The second-order valence-electron chi connectivity index (χ2n) is 7.33. The number of carbonyl (C=O) groups excluding carboxylic acids is 1. The first-order valence-electron chi connectivity index (χ1n) is 8.12. The van der Waals surface area contributed by atoms with Gasteiger partial charge in [0.05, 0.1) is 0 Å². The fourth-order valence-electron chi connectivity index (χ4n) is 3.05. The Balaban J connectivity index is 1.79. The molecule has 1 amide bonds. The molecule has 2 N–H and O–H groups in total. The summed E-state index contributed by atoms with van der Waals surface area (Å²) in [5, 5.41) is 0. The Morgan fingerprint density at radius 1 is 1.04 bits per heavy atom. The van der Waals surface area contributed by atoms with Gasteiger partial charge in [-0.3, -0.25) is 4.79 Å². The first-order chi connectivity index (χ1) is 10.8. The summed E-state index contributed by atoms with van der Waals surface area (Å²) in [5.74, 6) is 0.0959. The van der Waals surface area contributed by atoms with Gasteiger partial charge in [-0.15, -0.1) is 0 Å². The maximum absolute atomic E-state index is 12.8. The number of amides is 1. The van der Waals surface area contributed by atoms with E-state index < -0.39 is 0 Å². The summed E-state index contributed by atoms with van der Waals surface area (Å²) in [4.78, 5) is 14.7. The molecule has 0 unspecified atom stereocenters. The molecule has 0 radical (unpaired) electrons. The van der Waals surface area contributed by atoms with Crippen molar-refractivity contribution in [2.24, 2.45) is 0 Å². The number of anilines is 1. The van der Waals surface area contributed by atoms with E-state index >= 15 is 0 Å². The van der Waals surface area contributed by atoms with Gasteiger partial charge in [-0.1, -0.05) is 39.0 Å². The van der Waals surface area contributed by atoms with Crippen LogP contribution in [0.3, 0.4) is 0 Å². The summed E-state index contributed by atoms with van der Waals surface area (Å²) in [7, 11) is 0. The Bertz CT molecular complexity index is 726. The molecule has 0 saturated heterocycles. The number of carbonyl (C=O) groups is 1. The minimum Gasteiger partial charge on any atom is -0.399 e. The number of hydrogen-bond donors (Lipinski definition) is 1. The molecule has 0 saturated carbocycles. The predicted molar refractivity (Wildman–Crippen MR) is 94.4 cm³/mol. The van der Waals surface area contributed by atoms with Gasteiger partial charge < -0.3 is 10.6 Å². The Labute approximate surface area is 138 Å². The van der Waals surface area contributed by atoms with Crippen LogP contribution in [0.15, 0.2) is 42.5 Å². The zero-order valence-corrected chi connectivity index (χ0v) is 14.1. The first-order valence-corrected chi connectivity index (χ1v) is 8.12. The van der Waals surface area contributed by atoms with Gasteiger partial charge >= 0.3 is 0 Å². The lowest BCUT2D eigenvalue weighted by molar-refractivity contribution is 0.0734. The highest BCUT2D eigenvalue weighted by molar-refractivity contribution is 5.94. The lowest BCUT2D eigenvalue weighted by atomic mass is 9.86. The zero-order chi connectivity index (χ0) is 16.6. The van der Waals surface area contributed by atoms with Gasteiger partial charge in [0, 0.05) is 24.3 Å². The van der Waals surface area contributed by atoms with Gasteiger partial charge in [-0.25, -0.2) is 0 Å². The number of rotatable bonds is 1. The van der Waals surface area contributed by atoms with Gasteiger partial charge in [-0.2, -0.15) is 0 Å². The molecule has 1 aliphatic rings. The molecular formula is C20H24N2O. The number of nitrogens with two attached hydrogens (primary N) is 1. The summed E-state index contributed by atoms with van der Waals surface area (Å²) in [6, 6.07) is 14.0. The highest BCUT2D eigenvalue weighted by atomic mass is 16.2. The smallest absolute Gasteiger partial charge is 0.254 e. The normalized spacial score (nSPS) is 14.5. The first kappa shape index (κ1) is 15.6. The van der Waals surface area contributed by atoms with Gasteiger partial charge in [0.1, 0.15) is 0 Å². The molecule has 0 spiro atoms. The van der Waals surface area contributed by atoms with Crippen molar-refractivity contribution in [1.29, 1.82) is 0 Å². The van der Waals surface area contributed by atoms with Gasteiger partial charge in [0.25, 0.3) is 5.91 Å². The van der Waals surface area contributed by atoms with Crippen LogP contribution in [0.2, 0.25) is 0 Å². The van der Waals surface area contributed by atoms with Gasteiger partial charge in [0.2, 0.25) is 0 Å². The maximum Gasteiger partial charge on any atom is 0.254 e. The molecule has 23 heavy (non-hydrogen) atoms. The standard InChI is InChI=1S/C20H24N2O/c1-20(2,3)17-7-4-15(5-8-17)19(23)22-11-10-14-6-9-18(21)12-16(14)13-22/h4-9,12H,10-11,13,21H2,1-3H3. The van der Waals surface area contributed by atoms with Gasteiger partial charge in [0.15, 0.2) is 0 Å². The van der Waals surface area contributed by atoms with E-state index in [0.29, 0.717) is 6.54 Å². The molecule has 3 rings (SSSR count). The van der Waals surface area contributed by atoms with Crippen molar-refractivity contribution >= 4 is 11.6 Å². The molecule has 3 nitrogen and oxygen atoms in total. The lowest BCUT2D eigenvalue weighted by Gasteiger charge is -2.29. The molecule has 120 valence electrons. The minimum atomic E-state index is 0.0959. The Kier molecular flexibility index (Phi) is 3.88. The monoisotopic (exact) mass is 308 g/mol. The van der Waals surface area contributed by atoms with Crippen LogP contribution >= 0.6 is 0 Å². The van der Waals surface area contributed by atoms with Crippen LogP contribution in [0.5, 0.6) is 0 Å². The van der Waals surface area contributed by atoms with E-state index in [0.717, 1.165) is 29.8 Å². The number of benzene rings is 2. The lowest BCUT2D eigenvalue weighted by Crippen LogP contribution is -2.36. The van der Waals surface area contributed by atoms with E-state index in [-0.39, 0.29) is 11.3 Å². The van der Waals surface area contributed by atoms with E-state index in [1.807, 2.05) is 29.2 Å². The molecule has 2 aromatic rings. The average Bonchev–Trinajstić information content (AvgIpc) is 2.52. The topological polar surface area (TPSA) is 46.3 Å². The van der Waals surface area contributed by atoms with Crippen LogP contribution in [0.25, 0.3) is 0 Å². The summed E-state index contributed by atoms with van der Waals surface area (Å²) < 4.78 is 0. The number of hydrogen-bond acceptors (Lipinski definition) is 2. The van der Waals surface area contributed by atoms with Crippen LogP contribution < -0.4 is 5.73 Å². The molecule has 0 bridgehead atoms. The van der Waals surface area contributed by atoms with Crippen LogP contribution in [0.4, 0.5) is 5.69 Å². The Hall–Kier alpha value is -2.29. The van der Waals surface area contributed by atoms with E-state index in [2.05, 4.69) is 39.0 Å². The van der Waals surface area contributed by atoms with Crippen molar-refractivity contribution in [2.75, 3.05) is 12.3 Å². The average molecular weight is 308 g/mol. The third kappa shape index (κ3) is 3.24. The number of nitrogen functional groups attached to an aromatic ring is 1. The summed E-state index contributed by atoms with van der Waals surface area (Å²) in [5.41, 5.74) is 11.2. The van der Waals surface area contributed by atoms with Crippen molar-refractivity contribution in [3.63, 3.8) is 0 Å². The van der Waals surface area contributed by atoms with Crippen molar-refractivity contribution in [2.45, 2.75) is 39.2 Å². The predicted octanol–water partition coefficient (Wildman–Crippen LogP) is 3.76. The molecule has 0 aliphatic carbocycles. The van der Waals surface area contributed by atoms with E-state index in [9.17, 15) is 4.79 Å². The third-order valence-electron chi connectivity index (χ3n) is 4.53. The molecule has 3 heteroatoms. The largest absolute Gasteiger partial charge is 0.399 e. The molecule has 1 heterocycles. The van der Waals surface area contributed by atoms with Crippen molar-refractivity contribution in [3.05, 3.63) is 64.7 Å². The van der Waals surface area contributed by atoms with E-state index in [1.165, 1.54) is 11.1 Å². The van der Waals surface area contributed by atoms with Crippen molar-refractivity contribution in [3.8, 4) is 0 Å². The molecule has 1 aliphatic heterocycles. The second-order valence-corrected chi connectivity index (χ2v) is 7.33. The Morgan fingerprint density at radius 3 is 2.39 bits per heavy atom. The SMILES string of the molecule is CC(C)(C)c1ccc(C(=O)N2CCc3ccc(N)cc3C2)cc1. The minimum absolute atomic E-state index is 0.0959. The summed E-state index contributed by atoms with van der Waals surface area (Å²) >= 11 is 0. The quantitative estimate of drug-likeness (QED) is 0.815. The number of fused-ring (bicyclic) bond motifs is 1. The Morgan fingerprint density at radius 2 is 1.74 bits per heavy atom. The summed E-state index contributed by atoms with van der Waals surface area (Å²) in [6.45, 7) is 7.93. The van der Waals surface area contributed by atoms with Crippen molar-refractivity contribution < 1.29 is 4.79 Å². The fourth-order valence-corrected chi connectivity index (χ4v) is 3.05. The van der Waals surface area contributed by atoms with Crippen molar-refractivity contribution in [1.82, 2.24) is 4.90 Å². The molecule has 2 aromatic carbocycles. The van der Waals surface area contributed by atoms with E-state index in [4.69, 9.17) is 5.73 Å². The number of nitrogens with zero attached hydrogens (tertiary/aromatic N) is 1. The van der Waals surface area contributed by atoms with Crippen LogP contribution in [-0.2, 0) is 18.4 Å². The summed E-state index contributed by atoms with van der Waals surface area (Å²) in [6.07, 6.45) is 0.890. The molecule has 0 fully saturated rings. The van der Waals surface area contributed by atoms with Gasteiger partial charge in [-0.05, 0) is 52.8 Å². The van der Waals surface area contributed by atoms with E-state index in [1.54, 1.807) is 0 Å². The highest BCUT2D eigenvalue weighted by Crippen LogP contribution is 2.25. The molecular weight excluding hydrogens is 284 g/mol. The fraction of sp³-hybridized carbons (Fsp3) is 0.350. The van der Waals surface area contributed by atoms with Crippen LogP contribution in [0.1, 0.15) is 47.8 Å². The van der Waals surface area contributed by atoms with Crippen LogP contribution in [-0.4, -0.2) is 17.4 Å². The second kappa shape index (κ2) is 5.73.